The van der Waals surface area contributed by atoms with Crippen molar-refractivity contribution in [3.63, 3.8) is 0 Å². The van der Waals surface area contributed by atoms with Gasteiger partial charge in [-0.3, -0.25) is 0 Å². The number of carboxylic acid groups (broad SMARTS) is 1. The van der Waals surface area contributed by atoms with E-state index in [1.165, 1.54) is 12.1 Å². The summed E-state index contributed by atoms with van der Waals surface area (Å²) in [4.78, 5) is 10.7. The fourth-order valence-corrected chi connectivity index (χ4v) is 2.21. The van der Waals surface area contributed by atoms with E-state index in [0.717, 1.165) is 0 Å². The van der Waals surface area contributed by atoms with Crippen LogP contribution < -0.4 is 4.74 Å². The predicted molar refractivity (Wildman–Crippen MR) is 79.2 cm³/mol. The van der Waals surface area contributed by atoms with Crippen molar-refractivity contribution in [1.82, 2.24) is 0 Å². The second-order valence-corrected chi connectivity index (χ2v) is 5.13. The van der Waals surface area contributed by atoms with Gasteiger partial charge in [-0.1, -0.05) is 34.8 Å². The average molecular weight is 332 g/mol. The predicted octanol–water partition coefficient (Wildman–Crippen LogP) is 4.92. The normalized spacial score (nSPS) is 10.3. The number of halogens is 3. The average Bonchev–Trinajstić information content (AvgIpc) is 2.43. The van der Waals surface area contributed by atoms with Gasteiger partial charge in [0, 0.05) is 10.6 Å². The molecule has 0 saturated heterocycles. The molecule has 0 atom stereocenters. The van der Waals surface area contributed by atoms with Crippen LogP contribution in [-0.2, 0) is 6.61 Å². The number of hydrogen-bond donors (Lipinski definition) is 1. The SMILES string of the molecule is O=C(O)c1ccc(OCc2c(Cl)ccc(Cl)c2Cl)cc1. The van der Waals surface area contributed by atoms with Gasteiger partial charge in [0.1, 0.15) is 12.4 Å². The van der Waals surface area contributed by atoms with E-state index >= 15 is 0 Å². The summed E-state index contributed by atoms with van der Waals surface area (Å²) >= 11 is 18.0. The van der Waals surface area contributed by atoms with Crippen molar-refractivity contribution in [2.75, 3.05) is 0 Å². The van der Waals surface area contributed by atoms with E-state index < -0.39 is 5.97 Å². The van der Waals surface area contributed by atoms with E-state index in [1.807, 2.05) is 0 Å². The van der Waals surface area contributed by atoms with E-state index in [1.54, 1.807) is 24.3 Å². The van der Waals surface area contributed by atoms with Crippen LogP contribution in [0.5, 0.6) is 5.75 Å². The fourth-order valence-electron chi connectivity index (χ4n) is 1.55. The van der Waals surface area contributed by atoms with Gasteiger partial charge in [0.05, 0.1) is 15.6 Å². The standard InChI is InChI=1S/C14H9Cl3O3/c15-11-5-6-12(16)13(17)10(11)7-20-9-3-1-8(2-4-9)14(18)19/h1-6H,7H2,(H,18,19). The van der Waals surface area contributed by atoms with Crippen molar-refractivity contribution in [3.05, 3.63) is 62.6 Å². The van der Waals surface area contributed by atoms with Crippen LogP contribution in [0.4, 0.5) is 0 Å². The quantitative estimate of drug-likeness (QED) is 0.809. The first-order valence-electron chi connectivity index (χ1n) is 5.57. The number of carbonyl (C=O) groups is 1. The number of ether oxygens (including phenoxy) is 1. The lowest BCUT2D eigenvalue weighted by atomic mass is 10.2. The minimum absolute atomic E-state index is 0.143. The molecule has 0 amide bonds. The second kappa shape index (κ2) is 6.35. The Kier molecular flexibility index (Phi) is 4.76. The number of benzene rings is 2. The summed E-state index contributed by atoms with van der Waals surface area (Å²) in [7, 11) is 0. The van der Waals surface area contributed by atoms with Gasteiger partial charge in [-0.25, -0.2) is 4.79 Å². The Hall–Kier alpha value is -1.42. The summed E-state index contributed by atoms with van der Waals surface area (Å²) in [6.07, 6.45) is 0. The maximum absolute atomic E-state index is 10.7. The van der Waals surface area contributed by atoms with Crippen LogP contribution in [0.15, 0.2) is 36.4 Å². The Morgan fingerprint density at radius 1 is 1.00 bits per heavy atom. The smallest absolute Gasteiger partial charge is 0.335 e. The number of aromatic carboxylic acids is 1. The molecule has 0 heterocycles. The van der Waals surface area contributed by atoms with E-state index in [9.17, 15) is 4.79 Å². The van der Waals surface area contributed by atoms with Crippen molar-refractivity contribution in [3.8, 4) is 5.75 Å². The van der Waals surface area contributed by atoms with Crippen molar-refractivity contribution < 1.29 is 14.6 Å². The monoisotopic (exact) mass is 330 g/mol. The lowest BCUT2D eigenvalue weighted by Gasteiger charge is -2.10. The van der Waals surface area contributed by atoms with Gasteiger partial charge in [0.25, 0.3) is 0 Å². The molecule has 0 saturated carbocycles. The van der Waals surface area contributed by atoms with Crippen LogP contribution in [0.25, 0.3) is 0 Å². The molecule has 20 heavy (non-hydrogen) atoms. The maximum Gasteiger partial charge on any atom is 0.335 e. The van der Waals surface area contributed by atoms with Gasteiger partial charge in [-0.15, -0.1) is 0 Å². The van der Waals surface area contributed by atoms with E-state index in [4.69, 9.17) is 44.6 Å². The van der Waals surface area contributed by atoms with Crippen molar-refractivity contribution in [2.45, 2.75) is 6.61 Å². The molecule has 0 spiro atoms. The molecule has 3 nitrogen and oxygen atoms in total. The first-order valence-corrected chi connectivity index (χ1v) is 6.71. The Bertz CT molecular complexity index is 639. The minimum Gasteiger partial charge on any atom is -0.489 e. The van der Waals surface area contributed by atoms with Crippen LogP contribution in [-0.4, -0.2) is 11.1 Å². The van der Waals surface area contributed by atoms with Gasteiger partial charge in [0.2, 0.25) is 0 Å². The zero-order valence-corrected chi connectivity index (χ0v) is 12.3. The maximum atomic E-state index is 10.7. The molecule has 2 aromatic rings. The molecule has 0 aliphatic heterocycles. The summed E-state index contributed by atoms with van der Waals surface area (Å²) < 4.78 is 5.52. The Morgan fingerprint density at radius 2 is 1.60 bits per heavy atom. The van der Waals surface area contributed by atoms with E-state index in [-0.39, 0.29) is 12.2 Å². The summed E-state index contributed by atoms with van der Waals surface area (Å²) in [6.45, 7) is 0.143. The second-order valence-electron chi connectivity index (χ2n) is 3.94. The first kappa shape index (κ1) is 15.0. The molecule has 0 radical (unpaired) electrons. The van der Waals surface area contributed by atoms with Crippen molar-refractivity contribution in [2.24, 2.45) is 0 Å². The number of rotatable bonds is 4. The van der Waals surface area contributed by atoms with Gasteiger partial charge < -0.3 is 9.84 Å². The highest BCUT2D eigenvalue weighted by Gasteiger charge is 2.10. The van der Waals surface area contributed by atoms with Crippen LogP contribution >= 0.6 is 34.8 Å². The van der Waals surface area contributed by atoms with Gasteiger partial charge in [-0.2, -0.15) is 0 Å². The largest absolute Gasteiger partial charge is 0.489 e. The third kappa shape index (κ3) is 3.37. The molecule has 2 rings (SSSR count). The lowest BCUT2D eigenvalue weighted by Crippen LogP contribution is -1.99. The summed E-state index contributed by atoms with van der Waals surface area (Å²) in [5.74, 6) is -0.473. The minimum atomic E-state index is -0.988. The molecule has 0 bridgehead atoms. The fraction of sp³-hybridized carbons (Fsp3) is 0.0714. The molecule has 2 aromatic carbocycles. The summed E-state index contributed by atoms with van der Waals surface area (Å²) in [5, 5.41) is 10.0. The molecule has 0 aromatic heterocycles. The molecule has 6 heteroatoms. The van der Waals surface area contributed by atoms with Crippen LogP contribution in [0.3, 0.4) is 0 Å². The van der Waals surface area contributed by atoms with E-state index in [2.05, 4.69) is 0 Å². The van der Waals surface area contributed by atoms with Crippen LogP contribution in [0.2, 0.25) is 15.1 Å². The number of carboxylic acids is 1. The Morgan fingerprint density at radius 3 is 2.20 bits per heavy atom. The molecule has 0 fully saturated rings. The highest BCUT2D eigenvalue weighted by molar-refractivity contribution is 6.44. The molecular formula is C14H9Cl3O3. The molecular weight excluding hydrogens is 323 g/mol. The Balaban J connectivity index is 2.13. The first-order chi connectivity index (χ1) is 9.49. The Labute approximate surface area is 130 Å². The topological polar surface area (TPSA) is 46.5 Å². The van der Waals surface area contributed by atoms with Gasteiger partial charge in [-0.05, 0) is 36.4 Å². The molecule has 1 N–H and O–H groups in total. The lowest BCUT2D eigenvalue weighted by molar-refractivity contribution is 0.0697. The summed E-state index contributed by atoms with van der Waals surface area (Å²) in [5.41, 5.74) is 0.777. The van der Waals surface area contributed by atoms with Crippen molar-refractivity contribution >= 4 is 40.8 Å². The third-order valence-corrected chi connectivity index (χ3v) is 3.82. The zero-order valence-electron chi connectivity index (χ0n) is 10.1. The van der Waals surface area contributed by atoms with Gasteiger partial charge in [0.15, 0.2) is 0 Å². The summed E-state index contributed by atoms with van der Waals surface area (Å²) in [6, 6.07) is 9.29. The molecule has 0 aliphatic rings. The zero-order chi connectivity index (χ0) is 14.7. The molecule has 0 aliphatic carbocycles. The number of hydrogen-bond acceptors (Lipinski definition) is 2. The van der Waals surface area contributed by atoms with Crippen LogP contribution in [0.1, 0.15) is 15.9 Å². The highest BCUT2D eigenvalue weighted by atomic mass is 35.5. The van der Waals surface area contributed by atoms with E-state index in [0.29, 0.717) is 26.4 Å². The third-order valence-electron chi connectivity index (χ3n) is 2.62. The molecule has 104 valence electrons. The van der Waals surface area contributed by atoms with Crippen LogP contribution in [0, 0.1) is 0 Å². The highest BCUT2D eigenvalue weighted by Crippen LogP contribution is 2.32. The van der Waals surface area contributed by atoms with Gasteiger partial charge >= 0.3 is 5.97 Å². The van der Waals surface area contributed by atoms with Crippen molar-refractivity contribution in [1.29, 1.82) is 0 Å². The molecule has 0 unspecified atom stereocenters.